The number of aromatic nitrogens is 1. The fourth-order valence-corrected chi connectivity index (χ4v) is 2.62. The Hall–Kier alpha value is -2.34. The molecule has 6 nitrogen and oxygen atoms in total. The third kappa shape index (κ3) is 3.07. The van der Waals surface area contributed by atoms with Crippen molar-refractivity contribution < 1.29 is 19.2 Å². The maximum Gasteiger partial charge on any atom is 0.334 e. The molecule has 1 amide bonds. The molecule has 2 rings (SSSR count). The van der Waals surface area contributed by atoms with Crippen molar-refractivity contribution in [3.05, 3.63) is 51.9 Å². The van der Waals surface area contributed by atoms with Crippen molar-refractivity contribution in [3.63, 3.8) is 0 Å². The number of nitrogens with one attached hydrogen (secondary N) is 1. The van der Waals surface area contributed by atoms with E-state index >= 15 is 0 Å². The summed E-state index contributed by atoms with van der Waals surface area (Å²) in [7, 11) is 0. The van der Waals surface area contributed by atoms with Crippen LogP contribution in [0.2, 0.25) is 5.02 Å². The Balaban J connectivity index is 2.46. The van der Waals surface area contributed by atoms with E-state index in [1.165, 1.54) is 0 Å². The average molecular weight is 337 g/mol. The molecule has 0 bridgehead atoms. The zero-order chi connectivity index (χ0) is 17.2. The Kier molecular flexibility index (Phi) is 4.75. The van der Waals surface area contributed by atoms with E-state index < -0.39 is 17.4 Å². The number of carbonyl (C=O) groups excluding carboxylic acids is 1. The molecule has 7 heteroatoms. The number of aliphatic carboxylic acids is 1. The van der Waals surface area contributed by atoms with Gasteiger partial charge < -0.3 is 14.9 Å². The predicted molar refractivity (Wildman–Crippen MR) is 84.5 cm³/mol. The molecule has 1 heterocycles. The van der Waals surface area contributed by atoms with Crippen LogP contribution in [0.4, 0.5) is 0 Å². The molecule has 0 aliphatic heterocycles. The Morgan fingerprint density at radius 1 is 1.30 bits per heavy atom. The zero-order valence-corrected chi connectivity index (χ0v) is 13.8. The van der Waals surface area contributed by atoms with Gasteiger partial charge in [0.05, 0.1) is 5.69 Å². The Morgan fingerprint density at radius 3 is 2.35 bits per heavy atom. The number of carboxylic acids is 1. The summed E-state index contributed by atoms with van der Waals surface area (Å²) in [5.74, 6) is -1.35. The van der Waals surface area contributed by atoms with Gasteiger partial charge in [-0.3, -0.25) is 4.79 Å². The summed E-state index contributed by atoms with van der Waals surface area (Å²) >= 11 is 5.86. The summed E-state index contributed by atoms with van der Waals surface area (Å²) < 4.78 is 4.97. The number of rotatable bonds is 5. The highest BCUT2D eigenvalue weighted by Crippen LogP contribution is 2.28. The Morgan fingerprint density at radius 2 is 1.91 bits per heavy atom. The van der Waals surface area contributed by atoms with Crippen LogP contribution in [-0.2, 0) is 10.3 Å². The van der Waals surface area contributed by atoms with Crippen molar-refractivity contribution >= 4 is 23.5 Å². The summed E-state index contributed by atoms with van der Waals surface area (Å²) in [6.07, 6.45) is 0.166. The largest absolute Gasteiger partial charge is 0.479 e. The first-order valence-corrected chi connectivity index (χ1v) is 7.44. The number of benzene rings is 1. The second-order valence-electron chi connectivity index (χ2n) is 5.22. The smallest absolute Gasteiger partial charge is 0.334 e. The highest BCUT2D eigenvalue weighted by molar-refractivity contribution is 6.30. The van der Waals surface area contributed by atoms with E-state index in [1.54, 1.807) is 45.0 Å². The number of amides is 1. The Bertz CT molecular complexity index is 720. The first-order chi connectivity index (χ1) is 10.8. The monoisotopic (exact) mass is 336 g/mol. The van der Waals surface area contributed by atoms with Crippen LogP contribution >= 0.6 is 11.6 Å². The molecule has 0 radical (unpaired) electrons. The number of hydrogen-bond donors (Lipinski definition) is 2. The van der Waals surface area contributed by atoms with Gasteiger partial charge >= 0.3 is 5.97 Å². The molecule has 2 aromatic rings. The maximum absolute atomic E-state index is 12.6. The molecular weight excluding hydrogens is 320 g/mol. The number of carboxylic acid groups (broad SMARTS) is 1. The molecule has 1 aromatic heterocycles. The van der Waals surface area contributed by atoms with E-state index in [0.717, 1.165) is 0 Å². The summed E-state index contributed by atoms with van der Waals surface area (Å²) in [6.45, 7) is 4.92. The highest BCUT2D eigenvalue weighted by atomic mass is 35.5. The lowest BCUT2D eigenvalue weighted by atomic mass is 9.86. The number of aryl methyl sites for hydroxylation is 2. The lowest BCUT2D eigenvalue weighted by Gasteiger charge is -2.30. The van der Waals surface area contributed by atoms with E-state index in [4.69, 9.17) is 16.1 Å². The summed E-state index contributed by atoms with van der Waals surface area (Å²) in [4.78, 5) is 24.5. The lowest BCUT2D eigenvalue weighted by Crippen LogP contribution is -2.51. The standard InChI is InChI=1S/C16H17ClN2O4/c1-4-16(15(21)22,11-5-7-12(17)8-6-11)18-14(20)13-9(2)19-23-10(13)3/h5-8H,4H2,1-3H3,(H,18,20)(H,21,22)/t16-/m1/s1. The van der Waals surface area contributed by atoms with Crippen LogP contribution < -0.4 is 5.32 Å². The van der Waals surface area contributed by atoms with Gasteiger partial charge in [-0.15, -0.1) is 0 Å². The van der Waals surface area contributed by atoms with Crippen molar-refractivity contribution in [2.24, 2.45) is 0 Å². The first kappa shape index (κ1) is 17.0. The lowest BCUT2D eigenvalue weighted by molar-refractivity contribution is -0.145. The third-order valence-electron chi connectivity index (χ3n) is 3.82. The summed E-state index contributed by atoms with van der Waals surface area (Å²) in [6, 6.07) is 6.36. The summed E-state index contributed by atoms with van der Waals surface area (Å²) in [5.41, 5.74) is -0.459. The summed E-state index contributed by atoms with van der Waals surface area (Å²) in [5, 5.41) is 16.6. The van der Waals surface area contributed by atoms with Gasteiger partial charge in [-0.25, -0.2) is 4.79 Å². The van der Waals surface area contributed by atoms with Gasteiger partial charge in [0.15, 0.2) is 5.54 Å². The molecule has 1 atom stereocenters. The van der Waals surface area contributed by atoms with Crippen LogP contribution in [0.25, 0.3) is 0 Å². The quantitative estimate of drug-likeness (QED) is 0.875. The van der Waals surface area contributed by atoms with E-state index in [1.807, 2.05) is 0 Å². The minimum absolute atomic E-state index is 0.166. The molecular formula is C16H17ClN2O4. The van der Waals surface area contributed by atoms with Crippen LogP contribution in [0, 0.1) is 13.8 Å². The van der Waals surface area contributed by atoms with Gasteiger partial charge in [-0.1, -0.05) is 35.8 Å². The van der Waals surface area contributed by atoms with Crippen molar-refractivity contribution in [3.8, 4) is 0 Å². The van der Waals surface area contributed by atoms with E-state index in [9.17, 15) is 14.7 Å². The molecule has 2 N–H and O–H groups in total. The minimum Gasteiger partial charge on any atom is -0.479 e. The van der Waals surface area contributed by atoms with Gasteiger partial charge in [0.25, 0.3) is 5.91 Å². The van der Waals surface area contributed by atoms with Gasteiger partial charge in [-0.2, -0.15) is 0 Å². The predicted octanol–water partition coefficient (Wildman–Crippen LogP) is 3.06. The molecule has 0 aliphatic rings. The molecule has 1 aromatic carbocycles. The van der Waals surface area contributed by atoms with Crippen LogP contribution in [0.5, 0.6) is 0 Å². The van der Waals surface area contributed by atoms with Crippen LogP contribution in [0.1, 0.15) is 40.7 Å². The van der Waals surface area contributed by atoms with Crippen molar-refractivity contribution in [2.75, 3.05) is 0 Å². The van der Waals surface area contributed by atoms with E-state index in [2.05, 4.69) is 10.5 Å². The molecule has 0 unspecified atom stereocenters. The topological polar surface area (TPSA) is 92.4 Å². The average Bonchev–Trinajstić information content (AvgIpc) is 2.84. The molecule has 0 aliphatic carbocycles. The molecule has 23 heavy (non-hydrogen) atoms. The molecule has 0 saturated heterocycles. The van der Waals surface area contributed by atoms with Crippen LogP contribution in [0.15, 0.2) is 28.8 Å². The minimum atomic E-state index is -1.56. The van der Waals surface area contributed by atoms with E-state index in [0.29, 0.717) is 22.0 Å². The van der Waals surface area contributed by atoms with Gasteiger partial charge in [0.1, 0.15) is 11.3 Å². The molecule has 0 fully saturated rings. The number of hydrogen-bond acceptors (Lipinski definition) is 4. The fraction of sp³-hybridized carbons (Fsp3) is 0.312. The fourth-order valence-electron chi connectivity index (χ4n) is 2.49. The van der Waals surface area contributed by atoms with Crippen molar-refractivity contribution in [2.45, 2.75) is 32.7 Å². The van der Waals surface area contributed by atoms with Gasteiger partial charge in [-0.05, 0) is 38.0 Å². The first-order valence-electron chi connectivity index (χ1n) is 7.06. The van der Waals surface area contributed by atoms with Crippen LogP contribution in [-0.4, -0.2) is 22.1 Å². The SMILES string of the molecule is CC[C@](NC(=O)c1c(C)noc1C)(C(=O)O)c1ccc(Cl)cc1. The second kappa shape index (κ2) is 6.42. The van der Waals surface area contributed by atoms with Crippen LogP contribution in [0.3, 0.4) is 0 Å². The van der Waals surface area contributed by atoms with Crippen molar-refractivity contribution in [1.29, 1.82) is 0 Å². The normalized spacial score (nSPS) is 13.4. The maximum atomic E-state index is 12.6. The number of carbonyl (C=O) groups is 2. The Labute approximate surface area is 138 Å². The molecule has 0 saturated carbocycles. The number of nitrogens with zero attached hydrogens (tertiary/aromatic N) is 1. The second-order valence-corrected chi connectivity index (χ2v) is 5.66. The highest BCUT2D eigenvalue weighted by Gasteiger charge is 2.41. The van der Waals surface area contributed by atoms with Crippen molar-refractivity contribution in [1.82, 2.24) is 10.5 Å². The van der Waals surface area contributed by atoms with E-state index in [-0.39, 0.29) is 12.0 Å². The third-order valence-corrected chi connectivity index (χ3v) is 4.07. The van der Waals surface area contributed by atoms with Gasteiger partial charge in [0.2, 0.25) is 0 Å². The number of halogens is 1. The van der Waals surface area contributed by atoms with Gasteiger partial charge in [0, 0.05) is 5.02 Å². The molecule has 0 spiro atoms. The zero-order valence-electron chi connectivity index (χ0n) is 13.0. The molecule has 122 valence electrons.